The van der Waals surface area contributed by atoms with Gasteiger partial charge in [-0.15, -0.1) is 17.0 Å². The lowest BCUT2D eigenvalue weighted by molar-refractivity contribution is -0.133. The molecule has 3 aromatic rings. The number of aromatic nitrogens is 1. The van der Waals surface area contributed by atoms with E-state index in [9.17, 15) is 14.8 Å². The highest BCUT2D eigenvalue weighted by Crippen LogP contribution is 2.33. The van der Waals surface area contributed by atoms with Crippen LogP contribution in [-0.4, -0.2) is 64.7 Å². The number of benzene rings is 2. The molecule has 0 spiro atoms. The second kappa shape index (κ2) is 13.6. The third-order valence-electron chi connectivity index (χ3n) is 5.03. The number of hydrazine groups is 1. The van der Waals surface area contributed by atoms with E-state index in [4.69, 9.17) is 15.7 Å². The molecule has 6 N–H and O–H groups in total. The number of primary amides is 1. The van der Waals surface area contributed by atoms with E-state index in [0.29, 0.717) is 28.0 Å². The van der Waals surface area contributed by atoms with E-state index in [1.807, 2.05) is 38.1 Å². The van der Waals surface area contributed by atoms with Gasteiger partial charge < -0.3 is 15.8 Å². The van der Waals surface area contributed by atoms with E-state index in [1.165, 1.54) is 18.9 Å². The van der Waals surface area contributed by atoms with E-state index in [-0.39, 0.29) is 5.75 Å². The number of carboxylic acids is 1. The largest absolute Gasteiger partial charge is 0.481 e. The molecule has 11 nitrogen and oxygen atoms in total. The van der Waals surface area contributed by atoms with Crippen molar-refractivity contribution >= 4 is 46.9 Å². The van der Waals surface area contributed by atoms with Gasteiger partial charge in [0.15, 0.2) is 0 Å². The van der Waals surface area contributed by atoms with Gasteiger partial charge in [-0.05, 0) is 59.8 Å². The fraction of sp³-hybridized carbons (Fsp3) is 0.292. The number of anilines is 1. The van der Waals surface area contributed by atoms with Crippen LogP contribution in [0.4, 0.5) is 5.69 Å². The summed E-state index contributed by atoms with van der Waals surface area (Å²) in [7, 11) is 3.09. The van der Waals surface area contributed by atoms with Crippen LogP contribution in [0.25, 0.3) is 22.0 Å². The lowest BCUT2D eigenvalue weighted by atomic mass is 9.99. The molecule has 0 aliphatic carbocycles. The van der Waals surface area contributed by atoms with E-state index < -0.39 is 18.0 Å². The topological polar surface area (TPSA) is 157 Å². The van der Waals surface area contributed by atoms with Gasteiger partial charge in [0.1, 0.15) is 11.9 Å². The molecule has 0 radical (unpaired) electrons. The molecule has 1 aromatic heterocycles. The zero-order valence-electron chi connectivity index (χ0n) is 20.7. The molecule has 36 heavy (non-hydrogen) atoms. The normalized spacial score (nSPS) is 11.6. The number of carbonyl (C=O) groups excluding carboxylic acids is 1. The molecule has 0 fully saturated rings. The summed E-state index contributed by atoms with van der Waals surface area (Å²) in [5.74, 6) is -1.11. The van der Waals surface area contributed by atoms with Crippen molar-refractivity contribution in [2.24, 2.45) is 10.7 Å². The summed E-state index contributed by atoms with van der Waals surface area (Å²) in [5, 5.41) is 22.1. The van der Waals surface area contributed by atoms with Gasteiger partial charge in [0.2, 0.25) is 0 Å². The minimum absolute atomic E-state index is 0.0287. The maximum absolute atomic E-state index is 11.5. The summed E-state index contributed by atoms with van der Waals surface area (Å²) >= 11 is 1.21. The second-order valence-corrected chi connectivity index (χ2v) is 8.32. The van der Waals surface area contributed by atoms with Crippen molar-refractivity contribution in [2.45, 2.75) is 20.0 Å². The number of carbonyl (C=O) groups is 2. The molecule has 3 rings (SSSR count). The highest BCUT2D eigenvalue weighted by atomic mass is 32.2. The van der Waals surface area contributed by atoms with Crippen LogP contribution < -0.4 is 16.4 Å². The maximum atomic E-state index is 11.5. The van der Waals surface area contributed by atoms with Crippen LogP contribution in [0.3, 0.4) is 0 Å². The van der Waals surface area contributed by atoms with Crippen LogP contribution >= 0.6 is 11.8 Å². The minimum Gasteiger partial charge on any atom is -0.481 e. The van der Waals surface area contributed by atoms with Crippen LogP contribution in [-0.2, 0) is 9.63 Å². The van der Waals surface area contributed by atoms with E-state index >= 15 is 0 Å². The first-order valence-electron chi connectivity index (χ1n) is 11.1. The summed E-state index contributed by atoms with van der Waals surface area (Å²) in [4.78, 5) is 34.4. The zero-order valence-corrected chi connectivity index (χ0v) is 21.5. The Morgan fingerprint density at radius 1 is 1.22 bits per heavy atom. The third-order valence-corrected chi connectivity index (χ3v) is 5.82. The summed E-state index contributed by atoms with van der Waals surface area (Å²) < 4.78 is 0. The van der Waals surface area contributed by atoms with Gasteiger partial charge in [-0.3, -0.25) is 24.6 Å². The molecule has 0 bridgehead atoms. The molecule has 0 saturated heterocycles. The molecular formula is C24H32N6O5S. The number of hydrogen-bond donors (Lipinski definition) is 5. The van der Waals surface area contributed by atoms with Crippen molar-refractivity contribution in [3.8, 4) is 11.1 Å². The van der Waals surface area contributed by atoms with Gasteiger partial charge in [-0.1, -0.05) is 19.9 Å². The lowest BCUT2D eigenvalue weighted by Gasteiger charge is -2.27. The van der Waals surface area contributed by atoms with Crippen molar-refractivity contribution in [3.05, 3.63) is 53.7 Å². The first kappa shape index (κ1) is 28.8. The number of aromatic amines is 1. The second-order valence-electron chi connectivity index (χ2n) is 7.33. The summed E-state index contributed by atoms with van der Waals surface area (Å²) in [6.07, 6.45) is -0.549. The summed E-state index contributed by atoms with van der Waals surface area (Å²) in [5.41, 5.74) is 12.2. The van der Waals surface area contributed by atoms with Crippen molar-refractivity contribution in [1.29, 1.82) is 0 Å². The Kier molecular flexibility index (Phi) is 10.9. The Bertz CT molecular complexity index is 1200. The van der Waals surface area contributed by atoms with Crippen LogP contribution in [0.2, 0.25) is 0 Å². The van der Waals surface area contributed by atoms with E-state index in [0.717, 1.165) is 22.0 Å². The number of aliphatic carboxylic acids is 1. The predicted octanol–water partition coefficient (Wildman–Crippen LogP) is 3.63. The number of H-pyrrole nitrogens is 1. The van der Waals surface area contributed by atoms with Gasteiger partial charge in [-0.25, -0.2) is 10.4 Å². The van der Waals surface area contributed by atoms with Crippen LogP contribution in [0.5, 0.6) is 0 Å². The number of aliphatic imine (C=N–C) groups is 1. The molecular weight excluding hydrogens is 484 g/mol. The van der Waals surface area contributed by atoms with Crippen LogP contribution in [0.1, 0.15) is 36.1 Å². The number of amides is 1. The van der Waals surface area contributed by atoms with Crippen molar-refractivity contribution < 1.29 is 24.7 Å². The lowest BCUT2D eigenvalue weighted by Crippen LogP contribution is -2.37. The van der Waals surface area contributed by atoms with Gasteiger partial charge in [0.25, 0.3) is 5.91 Å². The number of hydrogen-bond acceptors (Lipinski definition) is 9. The molecule has 1 amide bonds. The van der Waals surface area contributed by atoms with Gasteiger partial charge in [0.05, 0.1) is 24.4 Å². The van der Waals surface area contributed by atoms with Crippen LogP contribution in [0.15, 0.2) is 47.5 Å². The Morgan fingerprint density at radius 2 is 1.94 bits per heavy atom. The molecule has 1 unspecified atom stereocenters. The smallest absolute Gasteiger partial charge is 0.313 e. The molecule has 12 heteroatoms. The van der Waals surface area contributed by atoms with E-state index in [2.05, 4.69) is 22.1 Å². The standard InChI is InChI=1S/C22H26N6O5S.C2H6/c1-24-22(27(2)25-12-34-11-20(29)30)16-7-14(8-17(9-16)28(32)33-3)13-4-5-18-15(6-13)10-19(26-18)21(23)31;1-2/h4-10,22,25-26,32H,1,11-12H2,2-3H3,(H2,23,31)(H,29,30);1-2H3. The number of rotatable bonds is 12. The molecule has 194 valence electrons. The van der Waals surface area contributed by atoms with E-state index in [1.54, 1.807) is 30.3 Å². The Morgan fingerprint density at radius 3 is 2.56 bits per heavy atom. The number of fused-ring (bicyclic) bond motifs is 1. The maximum Gasteiger partial charge on any atom is 0.313 e. The first-order chi connectivity index (χ1) is 17.2. The number of carboxylic acid groups (broad SMARTS) is 1. The number of thioether (sulfide) groups is 1. The fourth-order valence-electron chi connectivity index (χ4n) is 3.43. The molecule has 2 aromatic carbocycles. The summed E-state index contributed by atoms with van der Waals surface area (Å²) in [6.45, 7) is 7.68. The quantitative estimate of drug-likeness (QED) is 0.105. The molecule has 1 atom stereocenters. The first-order valence-corrected chi connectivity index (χ1v) is 12.2. The highest BCUT2D eigenvalue weighted by Gasteiger charge is 2.19. The highest BCUT2D eigenvalue weighted by molar-refractivity contribution is 7.99. The number of nitrogens with one attached hydrogen (secondary N) is 2. The van der Waals surface area contributed by atoms with Crippen molar-refractivity contribution in [1.82, 2.24) is 15.4 Å². The average molecular weight is 517 g/mol. The van der Waals surface area contributed by atoms with Crippen LogP contribution in [0, 0.1) is 0 Å². The monoisotopic (exact) mass is 516 g/mol. The predicted molar refractivity (Wildman–Crippen MR) is 143 cm³/mol. The third kappa shape index (κ3) is 7.29. The number of nitrogens with two attached hydrogens (primary N) is 1. The van der Waals surface area contributed by atoms with Gasteiger partial charge in [0, 0.05) is 18.0 Å². The Labute approximate surface area is 213 Å². The van der Waals surface area contributed by atoms with Crippen molar-refractivity contribution in [3.63, 3.8) is 0 Å². The number of nitrogens with zero attached hydrogens (tertiary/aromatic N) is 3. The summed E-state index contributed by atoms with van der Waals surface area (Å²) in [6, 6.07) is 12.6. The van der Waals surface area contributed by atoms with Gasteiger partial charge in [-0.2, -0.15) is 0 Å². The molecule has 0 aliphatic heterocycles. The van der Waals surface area contributed by atoms with Crippen molar-refractivity contribution in [2.75, 3.05) is 31.0 Å². The SMILES string of the molecule is C=NC(c1cc(-c2ccc3[nH]c(C(N)=O)cc3c2)cc(N(O)OC)c1)N(C)NCSCC(=O)O.CC. The molecule has 0 aliphatic rings. The minimum atomic E-state index is -0.893. The fourth-order valence-corrected chi connectivity index (χ4v) is 4.01. The zero-order chi connectivity index (χ0) is 26.8. The Hall–Kier alpha value is -3.42. The average Bonchev–Trinajstić information content (AvgIpc) is 3.31. The molecule has 0 saturated carbocycles. The Balaban J connectivity index is 0.00000222. The van der Waals surface area contributed by atoms with Gasteiger partial charge >= 0.3 is 5.97 Å². The molecule has 1 heterocycles.